The lowest BCUT2D eigenvalue weighted by Gasteiger charge is -2.33. The molecule has 0 saturated carbocycles. The SMILES string of the molecule is Clc1ccc(-c2cccc3ncnc(N4CCC[C@@H](c5nnn[nH]5)C4)c23)cc1. The van der Waals surface area contributed by atoms with Crippen molar-refractivity contribution >= 4 is 28.3 Å². The average molecular weight is 392 g/mol. The van der Waals surface area contributed by atoms with Crippen molar-refractivity contribution in [2.75, 3.05) is 18.0 Å². The second-order valence-corrected chi connectivity index (χ2v) is 7.41. The average Bonchev–Trinajstić information content (AvgIpc) is 3.29. The minimum Gasteiger partial charge on any atom is -0.355 e. The monoisotopic (exact) mass is 391 g/mol. The molecule has 2 aromatic carbocycles. The number of H-pyrrole nitrogens is 1. The molecular formula is C20H18ClN7. The number of tetrazole rings is 1. The number of aromatic nitrogens is 6. The Kier molecular flexibility index (Phi) is 4.37. The molecule has 1 aliphatic heterocycles. The second kappa shape index (κ2) is 7.16. The molecule has 0 spiro atoms. The van der Waals surface area contributed by atoms with E-state index in [0.717, 1.165) is 64.6 Å². The van der Waals surface area contributed by atoms with E-state index in [0.29, 0.717) is 0 Å². The third-order valence-corrected chi connectivity index (χ3v) is 5.52. The van der Waals surface area contributed by atoms with Gasteiger partial charge >= 0.3 is 0 Å². The number of hydrogen-bond acceptors (Lipinski definition) is 6. The van der Waals surface area contributed by atoms with Crippen molar-refractivity contribution in [2.24, 2.45) is 0 Å². The molecule has 3 heterocycles. The highest BCUT2D eigenvalue weighted by molar-refractivity contribution is 6.30. The number of piperidine rings is 1. The molecule has 0 bridgehead atoms. The second-order valence-electron chi connectivity index (χ2n) is 6.98. The van der Waals surface area contributed by atoms with Crippen LogP contribution in [0.25, 0.3) is 22.0 Å². The predicted octanol–water partition coefficient (Wildman–Crippen LogP) is 3.85. The van der Waals surface area contributed by atoms with Crippen LogP contribution in [0.3, 0.4) is 0 Å². The van der Waals surface area contributed by atoms with Crippen molar-refractivity contribution in [1.82, 2.24) is 30.6 Å². The van der Waals surface area contributed by atoms with Gasteiger partial charge in [0.05, 0.1) is 10.9 Å². The number of fused-ring (bicyclic) bond motifs is 1. The molecule has 1 saturated heterocycles. The number of aromatic amines is 1. The van der Waals surface area contributed by atoms with Gasteiger partial charge in [-0.3, -0.25) is 0 Å². The molecule has 5 rings (SSSR count). The van der Waals surface area contributed by atoms with Gasteiger partial charge in [0, 0.05) is 24.0 Å². The van der Waals surface area contributed by atoms with Crippen LogP contribution in [0.5, 0.6) is 0 Å². The topological polar surface area (TPSA) is 83.5 Å². The first-order valence-electron chi connectivity index (χ1n) is 9.28. The first-order chi connectivity index (χ1) is 13.8. The number of rotatable bonds is 3. The summed E-state index contributed by atoms with van der Waals surface area (Å²) in [6, 6.07) is 14.1. The maximum atomic E-state index is 6.08. The van der Waals surface area contributed by atoms with Crippen LogP contribution in [0.15, 0.2) is 48.8 Å². The van der Waals surface area contributed by atoms with Crippen LogP contribution in [0, 0.1) is 0 Å². The summed E-state index contributed by atoms with van der Waals surface area (Å²) in [5, 5.41) is 16.3. The van der Waals surface area contributed by atoms with Crippen LogP contribution in [-0.2, 0) is 0 Å². The summed E-state index contributed by atoms with van der Waals surface area (Å²) in [6.07, 6.45) is 3.75. The number of benzene rings is 2. The third kappa shape index (κ3) is 3.07. The van der Waals surface area contributed by atoms with E-state index in [-0.39, 0.29) is 5.92 Å². The molecule has 28 heavy (non-hydrogen) atoms. The van der Waals surface area contributed by atoms with E-state index in [4.69, 9.17) is 11.6 Å². The smallest absolute Gasteiger partial charge is 0.153 e. The van der Waals surface area contributed by atoms with Crippen LogP contribution in [0.2, 0.25) is 5.02 Å². The normalized spacial score (nSPS) is 17.2. The molecule has 0 radical (unpaired) electrons. The van der Waals surface area contributed by atoms with Gasteiger partial charge in [0.25, 0.3) is 0 Å². The summed E-state index contributed by atoms with van der Waals surface area (Å²) >= 11 is 6.08. The van der Waals surface area contributed by atoms with E-state index in [2.05, 4.69) is 41.6 Å². The fourth-order valence-corrected chi connectivity index (χ4v) is 4.06. The van der Waals surface area contributed by atoms with Crippen LogP contribution in [0.1, 0.15) is 24.6 Å². The van der Waals surface area contributed by atoms with Gasteiger partial charge in [-0.2, -0.15) is 0 Å². The van der Waals surface area contributed by atoms with Crippen molar-refractivity contribution in [1.29, 1.82) is 0 Å². The number of anilines is 1. The Labute approximate surface area is 166 Å². The van der Waals surface area contributed by atoms with E-state index in [9.17, 15) is 0 Å². The summed E-state index contributed by atoms with van der Waals surface area (Å²) in [6.45, 7) is 1.76. The number of nitrogens with one attached hydrogen (secondary N) is 1. The highest BCUT2D eigenvalue weighted by Gasteiger charge is 2.26. The highest BCUT2D eigenvalue weighted by Crippen LogP contribution is 2.36. The van der Waals surface area contributed by atoms with E-state index < -0.39 is 0 Å². The molecule has 0 aliphatic carbocycles. The minimum atomic E-state index is 0.261. The lowest BCUT2D eigenvalue weighted by molar-refractivity contribution is 0.490. The van der Waals surface area contributed by atoms with Crippen molar-refractivity contribution in [3.05, 3.63) is 59.6 Å². The fraction of sp³-hybridized carbons (Fsp3) is 0.250. The van der Waals surface area contributed by atoms with E-state index in [1.54, 1.807) is 6.33 Å². The number of halogens is 1. The first kappa shape index (κ1) is 17.1. The van der Waals surface area contributed by atoms with Gasteiger partial charge in [0.1, 0.15) is 12.1 Å². The fourth-order valence-electron chi connectivity index (χ4n) is 3.93. The van der Waals surface area contributed by atoms with Gasteiger partial charge in [-0.15, -0.1) is 5.10 Å². The molecule has 1 N–H and O–H groups in total. The molecular weight excluding hydrogens is 374 g/mol. The molecule has 7 nitrogen and oxygen atoms in total. The maximum absolute atomic E-state index is 6.08. The van der Waals surface area contributed by atoms with Crippen molar-refractivity contribution in [2.45, 2.75) is 18.8 Å². The van der Waals surface area contributed by atoms with Gasteiger partial charge < -0.3 is 4.90 Å². The van der Waals surface area contributed by atoms with Crippen LogP contribution < -0.4 is 4.90 Å². The molecule has 140 valence electrons. The van der Waals surface area contributed by atoms with Crippen LogP contribution >= 0.6 is 11.6 Å². The Bertz CT molecular complexity index is 1090. The van der Waals surface area contributed by atoms with E-state index in [1.165, 1.54) is 0 Å². The molecule has 8 heteroatoms. The van der Waals surface area contributed by atoms with Crippen molar-refractivity contribution in [3.8, 4) is 11.1 Å². The van der Waals surface area contributed by atoms with Gasteiger partial charge in [-0.1, -0.05) is 35.9 Å². The Morgan fingerprint density at radius 2 is 1.96 bits per heavy atom. The lowest BCUT2D eigenvalue weighted by Crippen LogP contribution is -2.35. The molecule has 1 atom stereocenters. The Morgan fingerprint density at radius 1 is 1.07 bits per heavy atom. The van der Waals surface area contributed by atoms with Crippen molar-refractivity contribution in [3.63, 3.8) is 0 Å². The number of hydrogen-bond donors (Lipinski definition) is 1. The van der Waals surface area contributed by atoms with Gasteiger partial charge in [0.2, 0.25) is 0 Å². The summed E-state index contributed by atoms with van der Waals surface area (Å²) in [4.78, 5) is 11.5. The van der Waals surface area contributed by atoms with Gasteiger partial charge in [0.15, 0.2) is 5.82 Å². The van der Waals surface area contributed by atoms with E-state index in [1.807, 2.05) is 36.4 Å². The Morgan fingerprint density at radius 3 is 2.79 bits per heavy atom. The zero-order chi connectivity index (χ0) is 18.9. The van der Waals surface area contributed by atoms with E-state index >= 15 is 0 Å². The molecule has 1 aliphatic rings. The van der Waals surface area contributed by atoms with Crippen molar-refractivity contribution < 1.29 is 0 Å². The third-order valence-electron chi connectivity index (χ3n) is 5.27. The standard InChI is InChI=1S/C20H18ClN7/c21-15-8-6-13(7-9-15)16-4-1-5-17-18(16)20(23-12-22-17)28-10-2-3-14(11-28)19-24-26-27-25-19/h1,4-9,12,14H,2-3,10-11H2,(H,24,25,26,27)/t14-/m1/s1. The largest absolute Gasteiger partial charge is 0.355 e. The van der Waals surface area contributed by atoms with Crippen LogP contribution in [-0.4, -0.2) is 43.7 Å². The lowest BCUT2D eigenvalue weighted by atomic mass is 9.96. The predicted molar refractivity (Wildman–Crippen MR) is 108 cm³/mol. The molecule has 0 amide bonds. The number of nitrogens with zero attached hydrogens (tertiary/aromatic N) is 6. The van der Waals surface area contributed by atoms with Gasteiger partial charge in [-0.25, -0.2) is 15.1 Å². The summed E-state index contributed by atoms with van der Waals surface area (Å²) in [5.74, 6) is 2.05. The molecule has 4 aromatic rings. The van der Waals surface area contributed by atoms with Gasteiger partial charge in [-0.05, 0) is 52.6 Å². The zero-order valence-electron chi connectivity index (χ0n) is 15.1. The quantitative estimate of drug-likeness (QED) is 0.571. The first-order valence-corrected chi connectivity index (χ1v) is 9.65. The summed E-state index contributed by atoms with van der Waals surface area (Å²) in [7, 11) is 0. The van der Waals surface area contributed by atoms with Crippen LogP contribution in [0.4, 0.5) is 5.82 Å². The Balaban J connectivity index is 1.60. The minimum absolute atomic E-state index is 0.261. The molecule has 1 fully saturated rings. The molecule has 0 unspecified atom stereocenters. The highest BCUT2D eigenvalue weighted by atomic mass is 35.5. The summed E-state index contributed by atoms with van der Waals surface area (Å²) < 4.78 is 0. The Hall–Kier alpha value is -3.06. The zero-order valence-corrected chi connectivity index (χ0v) is 15.8. The maximum Gasteiger partial charge on any atom is 0.153 e. The summed E-state index contributed by atoms with van der Waals surface area (Å²) in [5.41, 5.74) is 3.13. The molecule has 2 aromatic heterocycles.